The molecule has 3 heteroatoms. The highest BCUT2D eigenvalue weighted by Gasteiger charge is 1.95. The molecule has 8 heavy (non-hydrogen) atoms. The highest BCUT2D eigenvalue weighted by Crippen LogP contribution is 1.91. The summed E-state index contributed by atoms with van der Waals surface area (Å²) < 4.78 is 3.40. The van der Waals surface area contributed by atoms with Crippen LogP contribution in [0.5, 0.6) is 0 Å². The minimum absolute atomic E-state index is 0.255. The van der Waals surface area contributed by atoms with Crippen LogP contribution in [-0.2, 0) is 0 Å². The molecular weight excluding hydrogens is 120 g/mol. The molecule has 0 rings (SSSR count). The van der Waals surface area contributed by atoms with Gasteiger partial charge in [0, 0.05) is 0 Å². The number of nitrogens with zero attached hydrogens (tertiary/aromatic N) is 1. The molecule has 0 bridgehead atoms. The summed E-state index contributed by atoms with van der Waals surface area (Å²) in [6, 6.07) is 0. The highest BCUT2D eigenvalue weighted by molar-refractivity contribution is 7.79. The fourth-order valence-corrected chi connectivity index (χ4v) is 0.336. The van der Waals surface area contributed by atoms with Gasteiger partial charge in [-0.2, -0.15) is 0 Å². The molecular formula is C5H10N2S. The van der Waals surface area contributed by atoms with Gasteiger partial charge in [0.05, 0.1) is 11.9 Å². The monoisotopic (exact) mass is 130 g/mol. The van der Waals surface area contributed by atoms with Crippen molar-refractivity contribution in [3.05, 3.63) is 0 Å². The first-order chi connectivity index (χ1) is 3.68. The lowest BCUT2D eigenvalue weighted by Crippen LogP contribution is -2.05. The van der Waals surface area contributed by atoms with Gasteiger partial charge in [0.1, 0.15) is 0 Å². The maximum atomic E-state index is 7.15. The molecule has 0 aromatic carbocycles. The second kappa shape index (κ2) is 3.66. The largest absolute Gasteiger partial charge is 0.303 e. The Morgan fingerprint density at radius 2 is 2.25 bits per heavy atom. The first kappa shape index (κ1) is 7.69. The van der Waals surface area contributed by atoms with Crippen molar-refractivity contribution in [1.29, 1.82) is 5.41 Å². The summed E-state index contributed by atoms with van der Waals surface area (Å²) in [5.41, 5.74) is 0.514. The van der Waals surface area contributed by atoms with Gasteiger partial charge in [-0.3, -0.25) is 0 Å². The van der Waals surface area contributed by atoms with Gasteiger partial charge in [-0.1, -0.05) is 13.8 Å². The summed E-state index contributed by atoms with van der Waals surface area (Å²) in [4.78, 5) is 0. The van der Waals surface area contributed by atoms with Crippen LogP contribution in [0.1, 0.15) is 13.8 Å². The van der Waals surface area contributed by atoms with Gasteiger partial charge >= 0.3 is 0 Å². The molecule has 0 atom stereocenters. The zero-order chi connectivity index (χ0) is 6.57. The lowest BCUT2D eigenvalue weighted by atomic mass is 10.1. The Kier molecular flexibility index (Phi) is 3.52. The summed E-state index contributed by atoms with van der Waals surface area (Å²) in [5, 5.41) is 7.15. The minimum atomic E-state index is 0.255. The Morgan fingerprint density at radius 3 is 2.38 bits per heavy atom. The molecule has 0 aliphatic carbocycles. The van der Waals surface area contributed by atoms with Crippen molar-refractivity contribution in [2.75, 3.05) is 0 Å². The van der Waals surface area contributed by atoms with Crippen molar-refractivity contribution >= 4 is 24.7 Å². The Labute approximate surface area is 55.1 Å². The number of rotatable bonds is 2. The topological polar surface area (TPSA) is 36.2 Å². The van der Waals surface area contributed by atoms with Gasteiger partial charge in [0.25, 0.3) is 0 Å². The van der Waals surface area contributed by atoms with E-state index in [0.29, 0.717) is 5.71 Å². The summed E-state index contributed by atoms with van der Waals surface area (Å²) in [6.45, 7) is 3.88. The van der Waals surface area contributed by atoms with E-state index >= 15 is 0 Å². The molecule has 0 radical (unpaired) electrons. The van der Waals surface area contributed by atoms with E-state index in [-0.39, 0.29) is 5.92 Å². The molecule has 0 spiro atoms. The van der Waals surface area contributed by atoms with Gasteiger partial charge in [0.2, 0.25) is 0 Å². The maximum Gasteiger partial charge on any atom is 0.0559 e. The first-order valence-electron chi connectivity index (χ1n) is 2.44. The molecule has 0 aromatic heterocycles. The predicted molar refractivity (Wildman–Crippen MR) is 40.0 cm³/mol. The van der Waals surface area contributed by atoms with E-state index in [1.54, 1.807) is 0 Å². The van der Waals surface area contributed by atoms with Crippen molar-refractivity contribution in [3.8, 4) is 0 Å². The van der Waals surface area contributed by atoms with Gasteiger partial charge < -0.3 is 5.41 Å². The fraction of sp³-hybridized carbons (Fsp3) is 0.600. The third-order valence-corrected chi connectivity index (χ3v) is 0.934. The molecule has 2 nitrogen and oxygen atoms in total. The predicted octanol–water partition coefficient (Wildman–Crippen LogP) is 1.58. The standard InChI is InChI=1S/C5H10N2S/c1-4(2)5(6)3-7-8/h3-4,6,8H,1-2H3/b6-5?,7-3-. The van der Waals surface area contributed by atoms with Gasteiger partial charge in [0.15, 0.2) is 0 Å². The minimum Gasteiger partial charge on any atom is -0.303 e. The van der Waals surface area contributed by atoms with Crippen LogP contribution in [0.4, 0.5) is 0 Å². The van der Waals surface area contributed by atoms with Crippen LogP contribution >= 0.6 is 12.8 Å². The van der Waals surface area contributed by atoms with E-state index in [2.05, 4.69) is 17.2 Å². The van der Waals surface area contributed by atoms with Crippen LogP contribution in [0.2, 0.25) is 0 Å². The lowest BCUT2D eigenvalue weighted by Gasteiger charge is -1.96. The molecule has 46 valence electrons. The van der Waals surface area contributed by atoms with E-state index < -0.39 is 0 Å². The van der Waals surface area contributed by atoms with Crippen molar-refractivity contribution < 1.29 is 0 Å². The Bertz CT molecular complexity index is 107. The van der Waals surface area contributed by atoms with Crippen molar-refractivity contribution in [1.82, 2.24) is 0 Å². The number of thiol groups is 1. The second-order valence-corrected chi connectivity index (χ2v) is 2.09. The maximum absolute atomic E-state index is 7.15. The number of nitrogens with one attached hydrogen (secondary N) is 1. The van der Waals surface area contributed by atoms with E-state index in [4.69, 9.17) is 5.41 Å². The Balaban J connectivity index is 3.66. The van der Waals surface area contributed by atoms with Crippen LogP contribution in [0.15, 0.2) is 4.40 Å². The zero-order valence-corrected chi connectivity index (χ0v) is 5.94. The summed E-state index contributed by atoms with van der Waals surface area (Å²) >= 11 is 3.58. The van der Waals surface area contributed by atoms with Crippen molar-refractivity contribution in [2.24, 2.45) is 10.3 Å². The molecule has 1 N–H and O–H groups in total. The van der Waals surface area contributed by atoms with Crippen molar-refractivity contribution in [2.45, 2.75) is 13.8 Å². The third-order valence-electron chi connectivity index (χ3n) is 0.819. The lowest BCUT2D eigenvalue weighted by molar-refractivity contribution is 0.890. The molecule has 0 aliphatic rings. The average molecular weight is 130 g/mol. The normalized spacial score (nSPS) is 11.0. The Morgan fingerprint density at radius 1 is 1.75 bits per heavy atom. The fourth-order valence-electron chi connectivity index (χ4n) is 0.211. The summed E-state index contributed by atoms with van der Waals surface area (Å²) in [7, 11) is 0. The van der Waals surface area contributed by atoms with Gasteiger partial charge in [-0.25, -0.2) is 4.40 Å². The molecule has 0 saturated carbocycles. The van der Waals surface area contributed by atoms with E-state index in [0.717, 1.165) is 0 Å². The third kappa shape index (κ3) is 2.80. The molecule has 0 aromatic rings. The molecule has 0 heterocycles. The van der Waals surface area contributed by atoms with Crippen LogP contribution in [-0.4, -0.2) is 11.9 Å². The highest BCUT2D eigenvalue weighted by atomic mass is 32.1. The van der Waals surface area contributed by atoms with E-state index in [9.17, 15) is 0 Å². The first-order valence-corrected chi connectivity index (χ1v) is 2.84. The van der Waals surface area contributed by atoms with E-state index in [1.807, 2.05) is 13.8 Å². The van der Waals surface area contributed by atoms with Crippen LogP contribution < -0.4 is 0 Å². The molecule has 0 saturated heterocycles. The molecule has 0 fully saturated rings. The summed E-state index contributed by atoms with van der Waals surface area (Å²) in [5.74, 6) is 0.255. The number of hydrogen-bond acceptors (Lipinski definition) is 3. The van der Waals surface area contributed by atoms with Crippen LogP contribution in [0, 0.1) is 11.3 Å². The number of hydrogen-bond donors (Lipinski definition) is 2. The van der Waals surface area contributed by atoms with Gasteiger partial charge in [-0.05, 0) is 18.7 Å². The Hall–Kier alpha value is -0.310. The second-order valence-electron chi connectivity index (χ2n) is 1.85. The van der Waals surface area contributed by atoms with Crippen molar-refractivity contribution in [3.63, 3.8) is 0 Å². The SMILES string of the molecule is CC(C)C(=N)/C=N\S. The zero-order valence-electron chi connectivity index (χ0n) is 5.05. The van der Waals surface area contributed by atoms with E-state index in [1.165, 1.54) is 6.21 Å². The molecule has 0 unspecified atom stereocenters. The molecule has 0 aliphatic heterocycles. The quantitative estimate of drug-likeness (QED) is 0.420. The van der Waals surface area contributed by atoms with Crippen LogP contribution in [0.25, 0.3) is 0 Å². The van der Waals surface area contributed by atoms with Gasteiger partial charge in [-0.15, -0.1) is 0 Å². The van der Waals surface area contributed by atoms with Crippen LogP contribution in [0.3, 0.4) is 0 Å². The molecule has 0 amide bonds. The summed E-state index contributed by atoms with van der Waals surface area (Å²) in [6.07, 6.45) is 1.44. The average Bonchev–Trinajstić information content (AvgIpc) is 1.67. The smallest absolute Gasteiger partial charge is 0.0559 e.